The molecule has 9 heteroatoms. The highest BCUT2D eigenvalue weighted by Crippen LogP contribution is 2.47. The van der Waals surface area contributed by atoms with Crippen LogP contribution >= 0.6 is 7.60 Å². The van der Waals surface area contributed by atoms with Gasteiger partial charge in [-0.1, -0.05) is 30.3 Å². The van der Waals surface area contributed by atoms with Gasteiger partial charge in [-0.15, -0.1) is 0 Å². The highest BCUT2D eigenvalue weighted by Gasteiger charge is 2.28. The summed E-state index contributed by atoms with van der Waals surface area (Å²) in [5.41, 5.74) is 3.25. The molecule has 0 unspecified atom stereocenters. The number of rotatable bonds is 12. The van der Waals surface area contributed by atoms with Crippen molar-refractivity contribution in [3.05, 3.63) is 83.9 Å². The molecule has 1 heterocycles. The molecule has 4 rings (SSSR count). The first-order valence-electron chi connectivity index (χ1n) is 12.6. The van der Waals surface area contributed by atoms with E-state index in [1.54, 1.807) is 32.0 Å². The lowest BCUT2D eigenvalue weighted by Crippen LogP contribution is -2.19. The Balaban J connectivity index is 1.80. The van der Waals surface area contributed by atoms with Crippen LogP contribution in [0.2, 0.25) is 0 Å². The minimum Gasteiger partial charge on any atom is -0.494 e. The molecule has 0 amide bonds. The van der Waals surface area contributed by atoms with Gasteiger partial charge >= 0.3 is 7.60 Å². The maximum atomic E-state index is 13.5. The van der Waals surface area contributed by atoms with Gasteiger partial charge in [0.25, 0.3) is 0 Å². The number of likely N-dealkylation sites (N-methyl/N-ethyl adjacent to an activating group) is 1. The number of H-pyrrole nitrogens is 1. The highest BCUT2D eigenvalue weighted by atomic mass is 31.2. The van der Waals surface area contributed by atoms with Gasteiger partial charge in [-0.2, -0.15) is 0 Å². The summed E-state index contributed by atoms with van der Waals surface area (Å²) in [7, 11) is 0.475. The Morgan fingerprint density at radius 1 is 0.974 bits per heavy atom. The fourth-order valence-corrected chi connectivity index (χ4v) is 5.65. The molecule has 0 saturated heterocycles. The molecule has 0 saturated carbocycles. The number of fused-ring (bicyclic) bond motifs is 1. The Morgan fingerprint density at radius 3 is 2.29 bits per heavy atom. The molecule has 0 aliphatic rings. The van der Waals surface area contributed by atoms with E-state index in [9.17, 15) is 9.67 Å². The molecule has 3 aromatic carbocycles. The Bertz CT molecular complexity index is 1420. The van der Waals surface area contributed by atoms with E-state index in [4.69, 9.17) is 18.8 Å². The molecule has 38 heavy (non-hydrogen) atoms. The molecular formula is C29H34N3O5P. The zero-order chi connectivity index (χ0) is 27.1. The van der Waals surface area contributed by atoms with Crippen LogP contribution in [0.1, 0.15) is 25.0 Å². The van der Waals surface area contributed by atoms with Gasteiger partial charge in [0.2, 0.25) is 0 Å². The lowest BCUT2D eigenvalue weighted by Gasteiger charge is -2.17. The van der Waals surface area contributed by atoms with Gasteiger partial charge in [0.15, 0.2) is 5.88 Å². The van der Waals surface area contributed by atoms with Crippen LogP contribution in [0.4, 0.5) is 5.69 Å². The zero-order valence-electron chi connectivity index (χ0n) is 22.2. The summed E-state index contributed by atoms with van der Waals surface area (Å²) in [6.45, 7) is 5.44. The molecule has 1 aromatic heterocycles. The lowest BCUT2D eigenvalue weighted by atomic mass is 10.0. The summed E-state index contributed by atoms with van der Waals surface area (Å²) in [6, 6.07) is 22.4. The summed E-state index contributed by atoms with van der Waals surface area (Å²) in [4.78, 5) is 10.0. The van der Waals surface area contributed by atoms with Gasteiger partial charge in [0, 0.05) is 23.0 Å². The minimum absolute atomic E-state index is 0.0361. The van der Waals surface area contributed by atoms with Crippen LogP contribution in [0.5, 0.6) is 11.6 Å². The van der Waals surface area contributed by atoms with Gasteiger partial charge < -0.3 is 28.8 Å². The van der Waals surface area contributed by atoms with Gasteiger partial charge in [-0.05, 0) is 70.4 Å². The minimum atomic E-state index is -3.53. The average molecular weight is 536 g/mol. The topological polar surface area (TPSA) is 96.4 Å². The van der Waals surface area contributed by atoms with Crippen molar-refractivity contribution < 1.29 is 23.5 Å². The third kappa shape index (κ3) is 6.34. The van der Waals surface area contributed by atoms with E-state index in [-0.39, 0.29) is 19.1 Å². The van der Waals surface area contributed by atoms with Crippen molar-refractivity contribution >= 4 is 35.2 Å². The first-order valence-corrected chi connectivity index (χ1v) is 14.1. The molecule has 0 spiro atoms. The molecular weight excluding hydrogens is 501 g/mol. The van der Waals surface area contributed by atoms with E-state index in [0.29, 0.717) is 39.8 Å². The molecule has 0 aliphatic carbocycles. The number of aromatic hydroxyl groups is 1. The molecule has 2 N–H and O–H groups in total. The van der Waals surface area contributed by atoms with Gasteiger partial charge in [0.1, 0.15) is 12.4 Å². The predicted octanol–water partition coefficient (Wildman–Crippen LogP) is 5.87. The SMILES string of the molecule is CCOP(=O)(OCC)c1ccc2[nH]c(O)c(C(=Nc3ccc(OCCN(C)C)cc3)c3ccccc3)c2c1. The second-order valence-corrected chi connectivity index (χ2v) is 10.9. The largest absolute Gasteiger partial charge is 0.494 e. The molecule has 8 nitrogen and oxygen atoms in total. The third-order valence-corrected chi connectivity index (χ3v) is 7.95. The number of aromatic nitrogens is 1. The number of hydrogen-bond acceptors (Lipinski definition) is 7. The Labute approximate surface area is 223 Å². The van der Waals surface area contributed by atoms with E-state index in [0.717, 1.165) is 17.9 Å². The Hall–Kier alpha value is -3.42. The maximum Gasteiger partial charge on any atom is 0.361 e. The predicted molar refractivity (Wildman–Crippen MR) is 153 cm³/mol. The molecule has 0 aliphatic heterocycles. The van der Waals surface area contributed by atoms with Crippen LogP contribution in [-0.2, 0) is 13.6 Å². The van der Waals surface area contributed by atoms with Gasteiger partial charge in [-0.25, -0.2) is 4.99 Å². The van der Waals surface area contributed by atoms with Crippen LogP contribution in [0.15, 0.2) is 77.8 Å². The van der Waals surface area contributed by atoms with E-state index >= 15 is 0 Å². The lowest BCUT2D eigenvalue weighted by molar-refractivity contribution is 0.230. The van der Waals surface area contributed by atoms with Crippen LogP contribution in [0.3, 0.4) is 0 Å². The molecule has 0 fully saturated rings. The van der Waals surface area contributed by atoms with Crippen LogP contribution in [-0.4, -0.2) is 61.2 Å². The summed E-state index contributed by atoms with van der Waals surface area (Å²) in [6.07, 6.45) is 0. The monoisotopic (exact) mass is 535 g/mol. The molecule has 0 atom stereocenters. The Morgan fingerprint density at radius 2 is 1.66 bits per heavy atom. The van der Waals surface area contributed by atoms with E-state index < -0.39 is 7.60 Å². The standard InChI is InChI=1S/C29H34N3O5P/c1-5-36-38(34,37-6-2)24-16-17-26-25(20-24)27(29(33)31-26)28(21-10-8-7-9-11-21)30-22-12-14-23(15-13-22)35-19-18-32(3)4/h7-17,20,31,33H,5-6,18-19H2,1-4H3. The smallest absolute Gasteiger partial charge is 0.361 e. The fourth-order valence-electron chi connectivity index (χ4n) is 4.05. The number of ether oxygens (including phenoxy) is 1. The second-order valence-electron chi connectivity index (χ2n) is 8.88. The summed E-state index contributed by atoms with van der Waals surface area (Å²) in [5, 5.41) is 12.1. The number of nitrogens with zero attached hydrogens (tertiary/aromatic N) is 2. The van der Waals surface area contributed by atoms with Crippen molar-refractivity contribution in [2.45, 2.75) is 13.8 Å². The Kier molecular flexibility index (Phi) is 9.02. The van der Waals surface area contributed by atoms with Crippen LogP contribution in [0.25, 0.3) is 10.9 Å². The summed E-state index contributed by atoms with van der Waals surface area (Å²) in [5.74, 6) is 0.722. The normalized spacial score (nSPS) is 12.4. The highest BCUT2D eigenvalue weighted by molar-refractivity contribution is 7.62. The number of aliphatic imine (C=N–C) groups is 1. The van der Waals surface area contributed by atoms with E-state index in [1.165, 1.54) is 0 Å². The van der Waals surface area contributed by atoms with Crippen molar-refractivity contribution in [3.8, 4) is 11.6 Å². The number of benzene rings is 3. The molecule has 0 radical (unpaired) electrons. The zero-order valence-corrected chi connectivity index (χ0v) is 23.1. The number of hydrogen-bond donors (Lipinski definition) is 2. The fraction of sp³-hybridized carbons (Fsp3) is 0.276. The molecule has 0 bridgehead atoms. The second kappa shape index (κ2) is 12.4. The van der Waals surface area contributed by atoms with Crippen molar-refractivity contribution in [2.24, 2.45) is 4.99 Å². The van der Waals surface area contributed by atoms with Crippen LogP contribution < -0.4 is 10.0 Å². The van der Waals surface area contributed by atoms with Crippen molar-refractivity contribution in [3.63, 3.8) is 0 Å². The first-order chi connectivity index (χ1) is 18.3. The first kappa shape index (κ1) is 27.6. The maximum absolute atomic E-state index is 13.5. The van der Waals surface area contributed by atoms with Gasteiger partial charge in [0.05, 0.1) is 35.5 Å². The van der Waals surface area contributed by atoms with Crippen molar-refractivity contribution in [2.75, 3.05) is 40.5 Å². The number of nitrogens with one attached hydrogen (secondary N) is 1. The van der Waals surface area contributed by atoms with Gasteiger partial charge in [-0.3, -0.25) is 4.57 Å². The number of aromatic amines is 1. The molecule has 4 aromatic rings. The van der Waals surface area contributed by atoms with Crippen molar-refractivity contribution in [1.82, 2.24) is 9.88 Å². The van der Waals surface area contributed by atoms with E-state index in [1.807, 2.05) is 68.7 Å². The van der Waals surface area contributed by atoms with E-state index in [2.05, 4.69) is 9.88 Å². The van der Waals surface area contributed by atoms with Crippen molar-refractivity contribution in [1.29, 1.82) is 0 Å². The third-order valence-electron chi connectivity index (χ3n) is 5.85. The quantitative estimate of drug-likeness (QED) is 0.174. The van der Waals surface area contributed by atoms with Crippen LogP contribution in [0, 0.1) is 0 Å². The molecule has 200 valence electrons. The average Bonchev–Trinajstić information content (AvgIpc) is 3.23. The summed E-state index contributed by atoms with van der Waals surface area (Å²) < 4.78 is 30.4. The summed E-state index contributed by atoms with van der Waals surface area (Å²) >= 11 is 0.